The van der Waals surface area contributed by atoms with Crippen LogP contribution in [0.4, 0.5) is 13.2 Å². The number of hydrogen-bond acceptors (Lipinski definition) is 2. The zero-order valence-electron chi connectivity index (χ0n) is 8.74. The molecule has 0 aliphatic carbocycles. The largest absolute Gasteiger partial charge is 0.481 e. The van der Waals surface area contributed by atoms with E-state index in [4.69, 9.17) is 5.11 Å². The number of halogens is 3. The summed E-state index contributed by atoms with van der Waals surface area (Å²) in [6.45, 7) is 0. The van der Waals surface area contributed by atoms with Gasteiger partial charge in [0.1, 0.15) is 0 Å². The van der Waals surface area contributed by atoms with Crippen molar-refractivity contribution in [2.45, 2.75) is 25.1 Å². The molecule has 0 saturated heterocycles. The summed E-state index contributed by atoms with van der Waals surface area (Å²) in [5.74, 6) is -1.06. The van der Waals surface area contributed by atoms with Gasteiger partial charge in [-0.25, -0.2) is 0 Å². The number of alkyl halides is 3. The van der Waals surface area contributed by atoms with Crippen LogP contribution in [0.3, 0.4) is 0 Å². The molecule has 6 heteroatoms. The minimum Gasteiger partial charge on any atom is -0.481 e. The van der Waals surface area contributed by atoms with Gasteiger partial charge in [-0.15, -0.1) is 0 Å². The van der Waals surface area contributed by atoms with Gasteiger partial charge in [0.2, 0.25) is 0 Å². The van der Waals surface area contributed by atoms with E-state index in [1.807, 2.05) is 0 Å². The van der Waals surface area contributed by atoms with Crippen LogP contribution in [0.1, 0.15) is 30.1 Å². The van der Waals surface area contributed by atoms with Crippen LogP contribution in [-0.2, 0) is 11.0 Å². The number of hydrogen-bond donors (Lipinski definition) is 2. The van der Waals surface area contributed by atoms with Crippen molar-refractivity contribution in [1.29, 1.82) is 0 Å². The van der Waals surface area contributed by atoms with E-state index < -0.39 is 23.8 Å². The Kier molecular flexibility index (Phi) is 4.11. The highest BCUT2D eigenvalue weighted by Crippen LogP contribution is 2.30. The van der Waals surface area contributed by atoms with Gasteiger partial charge < -0.3 is 10.2 Å². The summed E-state index contributed by atoms with van der Waals surface area (Å²) in [5.41, 5.74) is -0.522. The Hall–Kier alpha value is -1.56. The quantitative estimate of drug-likeness (QED) is 0.861. The number of aliphatic hydroxyl groups is 1. The van der Waals surface area contributed by atoms with E-state index >= 15 is 0 Å². The van der Waals surface area contributed by atoms with Crippen LogP contribution in [-0.4, -0.2) is 16.2 Å². The zero-order chi connectivity index (χ0) is 13.1. The van der Waals surface area contributed by atoms with Crippen molar-refractivity contribution in [3.8, 4) is 0 Å². The van der Waals surface area contributed by atoms with Crippen molar-refractivity contribution in [3.63, 3.8) is 0 Å². The van der Waals surface area contributed by atoms with Gasteiger partial charge in [-0.3, -0.25) is 4.79 Å². The van der Waals surface area contributed by atoms with E-state index in [0.717, 1.165) is 24.3 Å². The molecule has 0 aromatic heterocycles. The molecule has 0 spiro atoms. The molecule has 0 saturated carbocycles. The average Bonchev–Trinajstić information content (AvgIpc) is 2.25. The second-order valence-corrected chi connectivity index (χ2v) is 3.57. The first-order valence-corrected chi connectivity index (χ1v) is 4.87. The summed E-state index contributed by atoms with van der Waals surface area (Å²) in [7, 11) is 0. The molecule has 0 radical (unpaired) electrons. The average molecular weight is 248 g/mol. The number of rotatable bonds is 4. The van der Waals surface area contributed by atoms with E-state index in [0.29, 0.717) is 0 Å². The highest BCUT2D eigenvalue weighted by Gasteiger charge is 2.30. The van der Waals surface area contributed by atoms with E-state index in [-0.39, 0.29) is 18.4 Å². The van der Waals surface area contributed by atoms with E-state index in [1.54, 1.807) is 0 Å². The minimum atomic E-state index is -4.41. The molecule has 2 N–H and O–H groups in total. The number of aliphatic hydroxyl groups excluding tert-OH is 1. The van der Waals surface area contributed by atoms with Crippen molar-refractivity contribution < 1.29 is 28.2 Å². The Morgan fingerprint density at radius 1 is 1.24 bits per heavy atom. The van der Waals surface area contributed by atoms with Crippen LogP contribution >= 0.6 is 0 Å². The predicted octanol–water partition coefficient (Wildman–Crippen LogP) is 2.60. The molecule has 0 heterocycles. The first-order chi connectivity index (χ1) is 7.80. The zero-order valence-corrected chi connectivity index (χ0v) is 8.74. The predicted molar refractivity (Wildman–Crippen MR) is 53.3 cm³/mol. The lowest BCUT2D eigenvalue weighted by Crippen LogP contribution is -2.06. The fourth-order valence-electron chi connectivity index (χ4n) is 1.32. The third-order valence-corrected chi connectivity index (χ3v) is 2.25. The van der Waals surface area contributed by atoms with Crippen LogP contribution < -0.4 is 0 Å². The summed E-state index contributed by atoms with van der Waals surface area (Å²) >= 11 is 0. The third-order valence-electron chi connectivity index (χ3n) is 2.25. The molecule has 94 valence electrons. The Morgan fingerprint density at radius 2 is 1.76 bits per heavy atom. The first kappa shape index (κ1) is 13.5. The normalized spacial score (nSPS) is 13.4. The first-order valence-electron chi connectivity index (χ1n) is 4.87. The Morgan fingerprint density at radius 3 is 2.18 bits per heavy atom. The second-order valence-electron chi connectivity index (χ2n) is 3.57. The lowest BCUT2D eigenvalue weighted by Gasteiger charge is -2.11. The van der Waals surface area contributed by atoms with Crippen LogP contribution in [0.25, 0.3) is 0 Å². The molecular weight excluding hydrogens is 237 g/mol. The fraction of sp³-hybridized carbons (Fsp3) is 0.364. The van der Waals surface area contributed by atoms with E-state index in [1.165, 1.54) is 0 Å². The molecule has 1 atom stereocenters. The second kappa shape index (κ2) is 5.18. The number of aliphatic carboxylic acids is 1. The van der Waals surface area contributed by atoms with Crippen LogP contribution in [0.5, 0.6) is 0 Å². The van der Waals surface area contributed by atoms with E-state index in [9.17, 15) is 23.1 Å². The standard InChI is InChI=1S/C11H11F3O3/c12-11(13,14)8-3-1-7(2-4-8)9(15)5-6-10(16)17/h1-4,9,15H,5-6H2,(H,16,17). The molecule has 0 aliphatic rings. The Bertz CT molecular complexity index is 384. The summed E-state index contributed by atoms with van der Waals surface area (Å²) in [6, 6.07) is 4.02. The van der Waals surface area contributed by atoms with Crippen LogP contribution in [0.15, 0.2) is 24.3 Å². The van der Waals surface area contributed by atoms with Crippen LogP contribution in [0.2, 0.25) is 0 Å². The van der Waals surface area contributed by atoms with Gasteiger partial charge >= 0.3 is 12.1 Å². The number of carboxylic acids is 1. The Labute approximate surface area is 95.5 Å². The number of carbonyl (C=O) groups is 1. The van der Waals surface area contributed by atoms with Gasteiger partial charge in [-0.2, -0.15) is 13.2 Å². The molecule has 3 nitrogen and oxygen atoms in total. The van der Waals surface area contributed by atoms with Crippen molar-refractivity contribution >= 4 is 5.97 Å². The number of benzene rings is 1. The van der Waals surface area contributed by atoms with Gasteiger partial charge in [-0.05, 0) is 24.1 Å². The van der Waals surface area contributed by atoms with Gasteiger partial charge in [0.25, 0.3) is 0 Å². The summed E-state index contributed by atoms with van der Waals surface area (Å²) in [6.07, 6.45) is -5.73. The maximum Gasteiger partial charge on any atom is 0.416 e. The molecule has 0 bridgehead atoms. The third kappa shape index (κ3) is 4.07. The monoisotopic (exact) mass is 248 g/mol. The molecule has 0 aliphatic heterocycles. The minimum absolute atomic E-state index is 0.0271. The highest BCUT2D eigenvalue weighted by molar-refractivity contribution is 5.66. The highest BCUT2D eigenvalue weighted by atomic mass is 19.4. The van der Waals surface area contributed by atoms with Gasteiger partial charge in [0.15, 0.2) is 0 Å². The smallest absolute Gasteiger partial charge is 0.416 e. The molecule has 1 rings (SSSR count). The van der Waals surface area contributed by atoms with Crippen molar-refractivity contribution in [3.05, 3.63) is 35.4 Å². The summed E-state index contributed by atoms with van der Waals surface area (Å²) in [5, 5.41) is 17.9. The van der Waals surface area contributed by atoms with Gasteiger partial charge in [0.05, 0.1) is 11.7 Å². The summed E-state index contributed by atoms with van der Waals surface area (Å²) in [4.78, 5) is 10.3. The molecule has 0 fully saturated rings. The van der Waals surface area contributed by atoms with Crippen molar-refractivity contribution in [1.82, 2.24) is 0 Å². The summed E-state index contributed by atoms with van der Waals surface area (Å²) < 4.78 is 36.7. The lowest BCUT2D eigenvalue weighted by molar-refractivity contribution is -0.138. The molecule has 1 aromatic rings. The van der Waals surface area contributed by atoms with Crippen LogP contribution in [0, 0.1) is 0 Å². The fourth-order valence-corrected chi connectivity index (χ4v) is 1.32. The molecular formula is C11H11F3O3. The molecule has 17 heavy (non-hydrogen) atoms. The molecule has 0 amide bonds. The molecule has 1 aromatic carbocycles. The van der Waals surface area contributed by atoms with Crippen molar-refractivity contribution in [2.75, 3.05) is 0 Å². The van der Waals surface area contributed by atoms with Gasteiger partial charge in [0, 0.05) is 6.42 Å². The SMILES string of the molecule is O=C(O)CCC(O)c1ccc(C(F)(F)F)cc1. The van der Waals surface area contributed by atoms with E-state index in [2.05, 4.69) is 0 Å². The maximum atomic E-state index is 12.2. The van der Waals surface area contributed by atoms with Crippen molar-refractivity contribution in [2.24, 2.45) is 0 Å². The molecule has 1 unspecified atom stereocenters. The lowest BCUT2D eigenvalue weighted by atomic mass is 10.0. The topological polar surface area (TPSA) is 57.5 Å². The Balaban J connectivity index is 2.70. The number of carboxylic acid groups (broad SMARTS) is 1. The maximum absolute atomic E-state index is 12.2. The van der Waals surface area contributed by atoms with Gasteiger partial charge in [-0.1, -0.05) is 12.1 Å².